The molecule has 0 bridgehead atoms. The smallest absolute Gasteiger partial charge is 0.333 e. The second-order valence-corrected chi connectivity index (χ2v) is 12.7. The zero-order valence-electron chi connectivity index (χ0n) is 25.9. The first-order valence-corrected chi connectivity index (χ1v) is 14.9. The van der Waals surface area contributed by atoms with E-state index in [0.29, 0.717) is 33.3 Å². The van der Waals surface area contributed by atoms with E-state index in [2.05, 4.69) is 10.2 Å². The van der Waals surface area contributed by atoms with E-state index in [0.717, 1.165) is 4.57 Å². The van der Waals surface area contributed by atoms with Crippen molar-refractivity contribution in [3.8, 4) is 10.8 Å². The lowest BCUT2D eigenvalue weighted by Gasteiger charge is -2.28. The van der Waals surface area contributed by atoms with E-state index in [1.807, 2.05) is 32.8 Å². The fraction of sp³-hybridized carbons (Fsp3) is 0.500. The second kappa shape index (κ2) is 12.9. The predicted octanol–water partition coefficient (Wildman–Crippen LogP) is 3.93. The highest BCUT2D eigenvalue weighted by molar-refractivity contribution is 7.21. The minimum atomic E-state index is -1.44. The van der Waals surface area contributed by atoms with Crippen molar-refractivity contribution in [2.24, 2.45) is 5.92 Å². The Kier molecular flexibility index (Phi) is 9.67. The van der Waals surface area contributed by atoms with E-state index in [1.54, 1.807) is 20.8 Å². The maximum Gasteiger partial charge on any atom is 0.333 e. The van der Waals surface area contributed by atoms with Crippen LogP contribution in [-0.2, 0) is 21.6 Å². The van der Waals surface area contributed by atoms with Crippen LogP contribution in [0.5, 0.6) is 5.75 Å². The third-order valence-corrected chi connectivity index (χ3v) is 8.65. The molecule has 1 atom stereocenters. The maximum absolute atomic E-state index is 14.6. The number of fused-ring (bicyclic) bond motifs is 1. The standard InChI is InChI=1S/C30H39FN6O5S/c1-18(2)15-24(38)30(4,5)36-26(39)25-19(3)27(37-32-11-12-33-37)43-28(25)35(29(36)40)17-23(42-14-13-34(6)7)21-16-20(31)9-10-22(21)41-8/h9-12,16,18,23H,13-15,17H2,1-8H3/t23-/m0/s1. The molecule has 4 aromatic rings. The van der Waals surface area contributed by atoms with Crippen molar-refractivity contribution in [2.45, 2.75) is 59.2 Å². The van der Waals surface area contributed by atoms with Crippen LogP contribution < -0.4 is 16.0 Å². The van der Waals surface area contributed by atoms with Crippen LogP contribution >= 0.6 is 11.3 Å². The fourth-order valence-corrected chi connectivity index (χ4v) is 6.21. The number of halogens is 1. The molecule has 0 aliphatic heterocycles. The van der Waals surface area contributed by atoms with Crippen LogP contribution in [0, 0.1) is 18.7 Å². The zero-order valence-corrected chi connectivity index (χ0v) is 26.7. The van der Waals surface area contributed by atoms with E-state index < -0.39 is 28.7 Å². The summed E-state index contributed by atoms with van der Waals surface area (Å²) in [6.45, 7) is 9.54. The van der Waals surface area contributed by atoms with E-state index in [1.165, 1.54) is 58.4 Å². The van der Waals surface area contributed by atoms with Crippen molar-refractivity contribution in [1.29, 1.82) is 0 Å². The SMILES string of the molecule is COc1ccc(F)cc1[C@H](Cn1c(=O)n(C(C)(C)C(=O)CC(C)C)c(=O)c2c(C)c(-n3nccn3)sc21)OCCN(C)C. The molecule has 0 saturated carbocycles. The van der Waals surface area contributed by atoms with Gasteiger partial charge in [-0.15, -0.1) is 4.80 Å². The molecule has 43 heavy (non-hydrogen) atoms. The highest BCUT2D eigenvalue weighted by Gasteiger charge is 2.36. The van der Waals surface area contributed by atoms with Gasteiger partial charge in [0.1, 0.15) is 33.0 Å². The first-order chi connectivity index (χ1) is 20.3. The molecule has 1 aromatic carbocycles. The van der Waals surface area contributed by atoms with E-state index >= 15 is 0 Å². The van der Waals surface area contributed by atoms with Gasteiger partial charge in [-0.05, 0) is 59.0 Å². The molecule has 0 aliphatic carbocycles. The average Bonchev–Trinajstić information content (AvgIpc) is 3.57. The van der Waals surface area contributed by atoms with E-state index in [-0.39, 0.29) is 36.7 Å². The van der Waals surface area contributed by atoms with Gasteiger partial charge in [0.15, 0.2) is 5.78 Å². The average molecular weight is 615 g/mol. The topological polar surface area (TPSA) is 113 Å². The first kappa shape index (κ1) is 32.2. The van der Waals surface area contributed by atoms with Gasteiger partial charge in [-0.2, -0.15) is 10.2 Å². The van der Waals surface area contributed by atoms with Crippen molar-refractivity contribution in [3.63, 3.8) is 0 Å². The number of carbonyl (C=O) groups excluding carboxylic acids is 1. The van der Waals surface area contributed by atoms with Crippen LogP contribution in [0.1, 0.15) is 51.3 Å². The molecule has 232 valence electrons. The van der Waals surface area contributed by atoms with Crippen LogP contribution in [0.25, 0.3) is 15.2 Å². The summed E-state index contributed by atoms with van der Waals surface area (Å²) in [7, 11) is 5.29. The Labute approximate surface area is 253 Å². The number of aryl methyl sites for hydroxylation is 1. The predicted molar refractivity (Wildman–Crippen MR) is 164 cm³/mol. The number of nitrogens with zero attached hydrogens (tertiary/aromatic N) is 6. The lowest BCUT2D eigenvalue weighted by Crippen LogP contribution is -2.53. The summed E-state index contributed by atoms with van der Waals surface area (Å²) >= 11 is 1.19. The highest BCUT2D eigenvalue weighted by Crippen LogP contribution is 2.34. The van der Waals surface area contributed by atoms with Gasteiger partial charge in [-0.1, -0.05) is 25.2 Å². The van der Waals surface area contributed by atoms with Crippen LogP contribution in [0.15, 0.2) is 40.2 Å². The van der Waals surface area contributed by atoms with Gasteiger partial charge in [0.25, 0.3) is 5.56 Å². The number of rotatable bonds is 13. The number of hydrogen-bond acceptors (Lipinski definition) is 9. The Hall–Kier alpha value is -3.68. The molecule has 0 saturated heterocycles. The number of benzene rings is 1. The van der Waals surface area contributed by atoms with Gasteiger partial charge in [-0.25, -0.2) is 13.8 Å². The summed E-state index contributed by atoms with van der Waals surface area (Å²) in [4.78, 5) is 45.7. The molecular weight excluding hydrogens is 575 g/mol. The molecule has 0 N–H and O–H groups in total. The molecule has 0 fully saturated rings. The molecule has 4 rings (SSSR count). The third kappa shape index (κ3) is 6.48. The van der Waals surface area contributed by atoms with Crippen LogP contribution in [0.3, 0.4) is 0 Å². The molecule has 13 heteroatoms. The molecule has 0 spiro atoms. The number of ether oxygens (including phenoxy) is 2. The fourth-order valence-electron chi connectivity index (χ4n) is 4.99. The monoisotopic (exact) mass is 614 g/mol. The van der Waals surface area contributed by atoms with Gasteiger partial charge in [0, 0.05) is 24.1 Å². The molecule has 0 unspecified atom stereocenters. The van der Waals surface area contributed by atoms with E-state index in [4.69, 9.17) is 9.47 Å². The van der Waals surface area contributed by atoms with Crippen LogP contribution in [0.2, 0.25) is 0 Å². The summed E-state index contributed by atoms with van der Waals surface area (Å²) in [5.74, 6) is -0.298. The summed E-state index contributed by atoms with van der Waals surface area (Å²) in [6, 6.07) is 4.13. The number of Topliss-reactive ketones (excluding diaryl/α,β-unsaturated/α-hetero) is 1. The molecule has 0 aliphatic rings. The van der Waals surface area contributed by atoms with Gasteiger partial charge in [0.2, 0.25) is 0 Å². The Morgan fingerprint density at radius 3 is 2.44 bits per heavy atom. The summed E-state index contributed by atoms with van der Waals surface area (Å²) in [5.41, 5.74) is -1.69. The molecule has 11 nitrogen and oxygen atoms in total. The largest absolute Gasteiger partial charge is 0.496 e. The summed E-state index contributed by atoms with van der Waals surface area (Å²) < 4.78 is 28.9. The van der Waals surface area contributed by atoms with E-state index in [9.17, 15) is 18.8 Å². The van der Waals surface area contributed by atoms with Crippen molar-refractivity contribution in [2.75, 3.05) is 34.4 Å². The molecule has 0 radical (unpaired) electrons. The van der Waals surface area contributed by atoms with Crippen LogP contribution in [0.4, 0.5) is 4.39 Å². The lowest BCUT2D eigenvalue weighted by molar-refractivity contribution is -0.127. The van der Waals surface area contributed by atoms with Crippen LogP contribution in [-0.4, -0.2) is 69.2 Å². The van der Waals surface area contributed by atoms with Gasteiger partial charge < -0.3 is 14.4 Å². The normalized spacial score (nSPS) is 12.9. The number of carbonyl (C=O) groups is 1. The van der Waals surface area contributed by atoms with Crippen molar-refractivity contribution in [3.05, 3.63) is 68.4 Å². The summed E-state index contributed by atoms with van der Waals surface area (Å²) in [6.07, 6.45) is 2.40. The Balaban J connectivity index is 2.01. The number of likely N-dealkylation sites (N-methyl/N-ethyl adjacent to an activating group) is 1. The quantitative estimate of drug-likeness (QED) is 0.223. The molecule has 3 aromatic heterocycles. The second-order valence-electron chi connectivity index (χ2n) is 11.7. The first-order valence-electron chi connectivity index (χ1n) is 14.1. The molecule has 3 heterocycles. The maximum atomic E-state index is 14.6. The Morgan fingerprint density at radius 1 is 1.16 bits per heavy atom. The molecule has 0 amide bonds. The molecular formula is C30H39FN6O5S. The highest BCUT2D eigenvalue weighted by atomic mass is 32.1. The Bertz CT molecular complexity index is 1720. The Morgan fingerprint density at radius 2 is 1.84 bits per heavy atom. The lowest BCUT2D eigenvalue weighted by atomic mass is 9.91. The van der Waals surface area contributed by atoms with Crippen molar-refractivity contribution < 1.29 is 18.7 Å². The number of aromatic nitrogens is 5. The minimum Gasteiger partial charge on any atom is -0.496 e. The zero-order chi connectivity index (χ0) is 31.6. The number of hydrogen-bond donors (Lipinski definition) is 0. The third-order valence-electron chi connectivity index (χ3n) is 7.37. The van der Waals surface area contributed by atoms with Gasteiger partial charge in [0.05, 0.1) is 38.0 Å². The van der Waals surface area contributed by atoms with Crippen molar-refractivity contribution >= 4 is 27.3 Å². The number of ketones is 1. The number of methoxy groups -OCH3 is 1. The van der Waals surface area contributed by atoms with Gasteiger partial charge >= 0.3 is 5.69 Å². The number of thiophene rings is 1. The minimum absolute atomic E-state index is 0.0312. The van der Waals surface area contributed by atoms with Crippen molar-refractivity contribution in [1.82, 2.24) is 29.0 Å². The van der Waals surface area contributed by atoms with Gasteiger partial charge in [-0.3, -0.25) is 14.2 Å². The summed E-state index contributed by atoms with van der Waals surface area (Å²) in [5, 5.41) is 9.30.